The van der Waals surface area contributed by atoms with E-state index in [2.05, 4.69) is 22.6 Å². The third-order valence-electron chi connectivity index (χ3n) is 4.68. The van der Waals surface area contributed by atoms with Gasteiger partial charge >= 0.3 is 0 Å². The van der Waals surface area contributed by atoms with Crippen molar-refractivity contribution in [1.82, 2.24) is 10.3 Å². The molecule has 1 saturated carbocycles. The lowest BCUT2D eigenvalue weighted by Crippen LogP contribution is -2.44. The molecular formula is C16H26N2O2S. The summed E-state index contributed by atoms with van der Waals surface area (Å²) in [5.41, 5.74) is 1.36. The van der Waals surface area contributed by atoms with E-state index in [1.807, 2.05) is 0 Å². The molecular weight excluding hydrogens is 284 g/mol. The molecule has 4 nitrogen and oxygen atoms in total. The molecule has 1 saturated heterocycles. The van der Waals surface area contributed by atoms with Crippen molar-refractivity contribution >= 4 is 11.3 Å². The van der Waals surface area contributed by atoms with Crippen LogP contribution >= 0.6 is 11.3 Å². The fourth-order valence-corrected chi connectivity index (χ4v) is 4.41. The van der Waals surface area contributed by atoms with Crippen LogP contribution < -0.4 is 5.32 Å². The minimum absolute atomic E-state index is 0.221. The first-order valence-corrected chi connectivity index (χ1v) is 8.84. The maximum Gasteiger partial charge on any atom is 0.0935 e. The number of hydrogen-bond donors (Lipinski definition) is 1. The molecule has 0 spiro atoms. The highest BCUT2D eigenvalue weighted by Crippen LogP contribution is 2.49. The number of nitrogens with one attached hydrogen (secondary N) is 1. The third-order valence-corrected chi connectivity index (χ3v) is 5.65. The van der Waals surface area contributed by atoms with E-state index in [0.29, 0.717) is 6.10 Å². The van der Waals surface area contributed by atoms with Gasteiger partial charge < -0.3 is 14.8 Å². The number of rotatable bonds is 8. The van der Waals surface area contributed by atoms with Crippen molar-refractivity contribution in [3.05, 3.63) is 16.1 Å². The molecule has 21 heavy (non-hydrogen) atoms. The van der Waals surface area contributed by atoms with Crippen LogP contribution in [0.3, 0.4) is 0 Å². The number of thiazole rings is 1. The van der Waals surface area contributed by atoms with Crippen LogP contribution in [0.15, 0.2) is 5.38 Å². The maximum atomic E-state index is 6.13. The minimum Gasteiger partial charge on any atom is -0.383 e. The maximum absolute atomic E-state index is 6.13. The molecule has 2 fully saturated rings. The molecule has 3 rings (SSSR count). The van der Waals surface area contributed by atoms with E-state index < -0.39 is 0 Å². The van der Waals surface area contributed by atoms with Gasteiger partial charge in [0, 0.05) is 49.7 Å². The Morgan fingerprint density at radius 1 is 1.52 bits per heavy atom. The van der Waals surface area contributed by atoms with Crippen LogP contribution in [0.1, 0.15) is 30.0 Å². The Hall–Kier alpha value is -0.490. The summed E-state index contributed by atoms with van der Waals surface area (Å²) in [6.07, 6.45) is 5.28. The fourth-order valence-electron chi connectivity index (χ4n) is 3.48. The van der Waals surface area contributed by atoms with Crippen LogP contribution in [-0.4, -0.2) is 44.5 Å². The Morgan fingerprint density at radius 3 is 3.05 bits per heavy atom. The highest BCUT2D eigenvalue weighted by atomic mass is 32.1. The van der Waals surface area contributed by atoms with Gasteiger partial charge in [0.1, 0.15) is 0 Å². The minimum atomic E-state index is 0.221. The first kappa shape index (κ1) is 15.4. The zero-order chi connectivity index (χ0) is 14.7. The number of hydrogen-bond acceptors (Lipinski definition) is 5. The van der Waals surface area contributed by atoms with E-state index in [1.54, 1.807) is 18.4 Å². The molecule has 1 aliphatic heterocycles. The second-order valence-corrected chi connectivity index (χ2v) is 7.41. The predicted octanol–water partition coefficient (Wildman–Crippen LogP) is 2.42. The van der Waals surface area contributed by atoms with Crippen LogP contribution in [-0.2, 0) is 15.9 Å². The Kier molecular flexibility index (Phi) is 4.94. The Balaban J connectivity index is 1.70. The lowest BCUT2D eigenvalue weighted by Gasteiger charge is -2.34. The molecule has 1 aromatic heterocycles. The summed E-state index contributed by atoms with van der Waals surface area (Å²) in [5.74, 6) is 0.776. The molecule has 2 heterocycles. The summed E-state index contributed by atoms with van der Waals surface area (Å²) >= 11 is 1.79. The van der Waals surface area contributed by atoms with Crippen LogP contribution in [0, 0.1) is 18.3 Å². The SMILES string of the molecule is COCCNCC1(Cc2nc(C)cs2)CCOC1C1CC1. The van der Waals surface area contributed by atoms with Gasteiger partial charge in [-0.3, -0.25) is 0 Å². The Morgan fingerprint density at radius 2 is 2.38 bits per heavy atom. The van der Waals surface area contributed by atoms with E-state index in [-0.39, 0.29) is 5.41 Å². The topological polar surface area (TPSA) is 43.4 Å². The molecule has 0 bridgehead atoms. The van der Waals surface area contributed by atoms with Gasteiger partial charge in [-0.2, -0.15) is 0 Å². The van der Waals surface area contributed by atoms with Crippen molar-refractivity contribution in [2.45, 2.75) is 38.7 Å². The standard InChI is InChI=1S/C16H26N2O2S/c1-12-10-21-14(18-12)9-16(11-17-6-8-19-2)5-7-20-15(16)13-3-4-13/h10,13,15,17H,3-9,11H2,1-2H3. The molecule has 2 atom stereocenters. The third kappa shape index (κ3) is 3.65. The number of ether oxygens (including phenoxy) is 2. The van der Waals surface area contributed by atoms with Crippen molar-refractivity contribution < 1.29 is 9.47 Å². The van der Waals surface area contributed by atoms with E-state index in [1.165, 1.54) is 17.8 Å². The van der Waals surface area contributed by atoms with Crippen LogP contribution in [0.25, 0.3) is 0 Å². The lowest BCUT2D eigenvalue weighted by atomic mass is 9.76. The van der Waals surface area contributed by atoms with Crippen molar-refractivity contribution in [3.63, 3.8) is 0 Å². The van der Waals surface area contributed by atoms with Gasteiger partial charge in [-0.15, -0.1) is 11.3 Å². The molecule has 118 valence electrons. The predicted molar refractivity (Wildman–Crippen MR) is 84.8 cm³/mol. The summed E-state index contributed by atoms with van der Waals surface area (Å²) in [6.45, 7) is 5.66. The Bertz CT molecular complexity index is 461. The highest BCUT2D eigenvalue weighted by Gasteiger charge is 2.50. The zero-order valence-electron chi connectivity index (χ0n) is 13.1. The fraction of sp³-hybridized carbons (Fsp3) is 0.812. The summed E-state index contributed by atoms with van der Waals surface area (Å²) < 4.78 is 11.3. The number of methoxy groups -OCH3 is 1. The Labute approximate surface area is 131 Å². The van der Waals surface area contributed by atoms with Gasteiger partial charge in [-0.05, 0) is 32.1 Å². The van der Waals surface area contributed by atoms with Gasteiger partial charge in [0.2, 0.25) is 0 Å². The molecule has 0 amide bonds. The smallest absolute Gasteiger partial charge is 0.0935 e. The number of aromatic nitrogens is 1. The van der Waals surface area contributed by atoms with E-state index in [0.717, 1.165) is 50.8 Å². The van der Waals surface area contributed by atoms with Gasteiger partial charge in [-0.25, -0.2) is 4.98 Å². The normalized spacial score (nSPS) is 29.1. The van der Waals surface area contributed by atoms with Crippen LogP contribution in [0.2, 0.25) is 0 Å². The molecule has 2 unspecified atom stereocenters. The van der Waals surface area contributed by atoms with E-state index >= 15 is 0 Å². The first-order chi connectivity index (χ1) is 10.2. The first-order valence-electron chi connectivity index (χ1n) is 7.96. The van der Waals surface area contributed by atoms with Crippen molar-refractivity contribution in [2.24, 2.45) is 11.3 Å². The van der Waals surface area contributed by atoms with Gasteiger partial charge in [0.25, 0.3) is 0 Å². The molecule has 0 radical (unpaired) electrons. The van der Waals surface area contributed by atoms with E-state index in [4.69, 9.17) is 9.47 Å². The number of nitrogens with zero attached hydrogens (tertiary/aromatic N) is 1. The molecule has 1 aliphatic carbocycles. The number of aryl methyl sites for hydroxylation is 1. The summed E-state index contributed by atoms with van der Waals surface area (Å²) in [7, 11) is 1.75. The average molecular weight is 310 g/mol. The van der Waals surface area contributed by atoms with Crippen LogP contribution in [0.4, 0.5) is 0 Å². The zero-order valence-corrected chi connectivity index (χ0v) is 13.9. The van der Waals surface area contributed by atoms with Crippen molar-refractivity contribution in [1.29, 1.82) is 0 Å². The molecule has 2 aliphatic rings. The quantitative estimate of drug-likeness (QED) is 0.749. The molecule has 0 aromatic carbocycles. The summed E-state index contributed by atoms with van der Waals surface area (Å²) in [5, 5.41) is 7.00. The molecule has 1 aromatic rings. The monoisotopic (exact) mass is 310 g/mol. The molecule has 1 N–H and O–H groups in total. The second-order valence-electron chi connectivity index (χ2n) is 6.47. The van der Waals surface area contributed by atoms with Crippen molar-refractivity contribution in [3.8, 4) is 0 Å². The van der Waals surface area contributed by atoms with Gasteiger partial charge in [-0.1, -0.05) is 0 Å². The summed E-state index contributed by atoms with van der Waals surface area (Å²) in [4.78, 5) is 4.69. The van der Waals surface area contributed by atoms with Crippen molar-refractivity contribution in [2.75, 3.05) is 33.4 Å². The average Bonchev–Trinajstić information content (AvgIpc) is 3.11. The highest BCUT2D eigenvalue weighted by molar-refractivity contribution is 7.09. The van der Waals surface area contributed by atoms with E-state index in [9.17, 15) is 0 Å². The molecule has 5 heteroatoms. The summed E-state index contributed by atoms with van der Waals surface area (Å²) in [6, 6.07) is 0. The largest absolute Gasteiger partial charge is 0.383 e. The van der Waals surface area contributed by atoms with Gasteiger partial charge in [0.15, 0.2) is 0 Å². The van der Waals surface area contributed by atoms with Crippen LogP contribution in [0.5, 0.6) is 0 Å². The van der Waals surface area contributed by atoms with Gasteiger partial charge in [0.05, 0.1) is 17.7 Å². The second kappa shape index (κ2) is 6.73. The lowest BCUT2D eigenvalue weighted by molar-refractivity contribution is 0.0299.